The van der Waals surface area contributed by atoms with Gasteiger partial charge in [-0.25, -0.2) is 4.39 Å². The molecule has 0 bridgehead atoms. The van der Waals surface area contributed by atoms with Crippen LogP contribution in [0.15, 0.2) is 59.5 Å². The maximum Gasteiger partial charge on any atom is 0.244 e. The summed E-state index contributed by atoms with van der Waals surface area (Å²) in [6, 6.07) is 14.3. The van der Waals surface area contributed by atoms with E-state index in [4.69, 9.17) is 0 Å². The summed E-state index contributed by atoms with van der Waals surface area (Å²) in [5, 5.41) is 2.83. The molecule has 0 aliphatic heterocycles. The van der Waals surface area contributed by atoms with Gasteiger partial charge in [-0.3, -0.25) is 4.79 Å². The number of hydrogen-bond acceptors (Lipinski definition) is 2. The third kappa shape index (κ3) is 5.74. The summed E-state index contributed by atoms with van der Waals surface area (Å²) in [6.07, 6.45) is 3.13. The number of aryl methyl sites for hydroxylation is 1. The van der Waals surface area contributed by atoms with Gasteiger partial charge in [0, 0.05) is 23.3 Å². The molecular weight excluding hydrogens is 297 g/mol. The van der Waals surface area contributed by atoms with Crippen LogP contribution in [0, 0.1) is 12.7 Å². The predicted molar refractivity (Wildman–Crippen MR) is 90.3 cm³/mol. The van der Waals surface area contributed by atoms with Gasteiger partial charge < -0.3 is 5.32 Å². The van der Waals surface area contributed by atoms with Crippen molar-refractivity contribution in [2.75, 3.05) is 12.3 Å². The predicted octanol–water partition coefficient (Wildman–Crippen LogP) is 4.06. The highest BCUT2D eigenvalue weighted by Crippen LogP contribution is 2.17. The number of carbonyl (C=O) groups is 1. The van der Waals surface area contributed by atoms with E-state index in [9.17, 15) is 9.18 Å². The first-order valence-electron chi connectivity index (χ1n) is 7.04. The smallest absolute Gasteiger partial charge is 0.244 e. The van der Waals surface area contributed by atoms with E-state index in [1.807, 2.05) is 0 Å². The number of carbonyl (C=O) groups excluding carboxylic acids is 1. The first kappa shape index (κ1) is 16.3. The van der Waals surface area contributed by atoms with Gasteiger partial charge in [0.2, 0.25) is 5.91 Å². The molecule has 2 aromatic rings. The Kier molecular flexibility index (Phi) is 6.22. The van der Waals surface area contributed by atoms with E-state index in [0.29, 0.717) is 6.54 Å². The lowest BCUT2D eigenvalue weighted by molar-refractivity contribution is -0.116. The second-order valence-electron chi connectivity index (χ2n) is 4.84. The van der Waals surface area contributed by atoms with Crippen LogP contribution in [0.5, 0.6) is 0 Å². The average Bonchev–Trinajstić information content (AvgIpc) is 2.53. The minimum atomic E-state index is -0.283. The fourth-order valence-electron chi connectivity index (χ4n) is 1.78. The van der Waals surface area contributed by atoms with Crippen LogP contribution in [0.1, 0.15) is 11.1 Å². The second-order valence-corrected chi connectivity index (χ2v) is 6.01. The molecule has 1 N–H and O–H groups in total. The van der Waals surface area contributed by atoms with Crippen LogP contribution in [0.25, 0.3) is 6.08 Å². The van der Waals surface area contributed by atoms with Gasteiger partial charge in [-0.2, -0.15) is 0 Å². The standard InChI is InChI=1S/C18H18FNOS/c1-14-2-9-17(10-3-14)22-13-12-20-18(21)11-6-15-4-7-16(19)8-5-15/h2-11H,12-13H2,1H3,(H,20,21)/b11-6+. The third-order valence-electron chi connectivity index (χ3n) is 2.99. The van der Waals surface area contributed by atoms with Gasteiger partial charge in [0.25, 0.3) is 0 Å². The van der Waals surface area contributed by atoms with Crippen LogP contribution in [-0.4, -0.2) is 18.2 Å². The van der Waals surface area contributed by atoms with Crippen LogP contribution in [-0.2, 0) is 4.79 Å². The zero-order chi connectivity index (χ0) is 15.8. The first-order chi connectivity index (χ1) is 10.6. The Morgan fingerprint density at radius 3 is 2.50 bits per heavy atom. The summed E-state index contributed by atoms with van der Waals surface area (Å²) in [5.74, 6) is 0.391. The Morgan fingerprint density at radius 1 is 1.14 bits per heavy atom. The lowest BCUT2D eigenvalue weighted by atomic mass is 10.2. The summed E-state index contributed by atoms with van der Waals surface area (Å²) >= 11 is 1.71. The van der Waals surface area contributed by atoms with Crippen LogP contribution in [0.2, 0.25) is 0 Å². The molecule has 1 amide bonds. The van der Waals surface area contributed by atoms with Crippen molar-refractivity contribution >= 4 is 23.7 Å². The fraction of sp³-hybridized carbons (Fsp3) is 0.167. The summed E-state index contributed by atoms with van der Waals surface area (Å²) in [7, 11) is 0. The minimum absolute atomic E-state index is 0.145. The van der Waals surface area contributed by atoms with Crippen molar-refractivity contribution in [2.24, 2.45) is 0 Å². The summed E-state index contributed by atoms with van der Waals surface area (Å²) in [5.41, 5.74) is 2.04. The molecule has 22 heavy (non-hydrogen) atoms. The number of nitrogens with one attached hydrogen (secondary N) is 1. The first-order valence-corrected chi connectivity index (χ1v) is 8.03. The van der Waals surface area contributed by atoms with Gasteiger partial charge in [-0.15, -0.1) is 11.8 Å². The molecule has 0 aliphatic rings. The molecule has 0 aromatic heterocycles. The molecule has 0 heterocycles. The molecule has 2 nitrogen and oxygen atoms in total. The second kappa shape index (κ2) is 8.39. The van der Waals surface area contributed by atoms with Crippen molar-refractivity contribution in [1.82, 2.24) is 5.32 Å². The molecule has 0 radical (unpaired) electrons. The molecule has 114 valence electrons. The van der Waals surface area contributed by atoms with Crippen molar-refractivity contribution in [3.8, 4) is 0 Å². The zero-order valence-corrected chi connectivity index (χ0v) is 13.2. The third-order valence-corrected chi connectivity index (χ3v) is 4.00. The topological polar surface area (TPSA) is 29.1 Å². The SMILES string of the molecule is Cc1ccc(SCCNC(=O)/C=C/c2ccc(F)cc2)cc1. The normalized spacial score (nSPS) is 10.8. The van der Waals surface area contributed by atoms with Gasteiger partial charge in [0.15, 0.2) is 0 Å². The van der Waals surface area contributed by atoms with Gasteiger partial charge in [0.1, 0.15) is 5.82 Å². The molecule has 0 atom stereocenters. The number of rotatable bonds is 6. The lowest BCUT2D eigenvalue weighted by Crippen LogP contribution is -2.23. The molecule has 0 fully saturated rings. The number of benzene rings is 2. The molecular formula is C18H18FNOS. The largest absolute Gasteiger partial charge is 0.352 e. The number of hydrogen-bond donors (Lipinski definition) is 1. The van der Waals surface area contributed by atoms with Crippen LogP contribution in [0.4, 0.5) is 4.39 Å². The Balaban J connectivity index is 1.69. The van der Waals surface area contributed by atoms with E-state index in [1.165, 1.54) is 28.7 Å². The average molecular weight is 315 g/mol. The van der Waals surface area contributed by atoms with E-state index >= 15 is 0 Å². The number of halogens is 1. The molecule has 0 aliphatic carbocycles. The summed E-state index contributed by atoms with van der Waals surface area (Å²) in [6.45, 7) is 2.66. The quantitative estimate of drug-likeness (QED) is 0.495. The molecule has 0 saturated carbocycles. The van der Waals surface area contributed by atoms with Gasteiger partial charge in [-0.1, -0.05) is 29.8 Å². The maximum atomic E-state index is 12.7. The highest BCUT2D eigenvalue weighted by molar-refractivity contribution is 7.99. The van der Waals surface area contributed by atoms with Crippen molar-refractivity contribution in [2.45, 2.75) is 11.8 Å². The van der Waals surface area contributed by atoms with Crippen molar-refractivity contribution in [3.63, 3.8) is 0 Å². The van der Waals surface area contributed by atoms with E-state index in [0.717, 1.165) is 11.3 Å². The van der Waals surface area contributed by atoms with E-state index in [1.54, 1.807) is 30.0 Å². The Labute approximate surface area is 134 Å². The highest BCUT2D eigenvalue weighted by atomic mass is 32.2. The highest BCUT2D eigenvalue weighted by Gasteiger charge is 1.97. The maximum absolute atomic E-state index is 12.7. The van der Waals surface area contributed by atoms with Crippen molar-refractivity contribution in [3.05, 3.63) is 71.6 Å². The van der Waals surface area contributed by atoms with Crippen LogP contribution < -0.4 is 5.32 Å². The van der Waals surface area contributed by atoms with Crippen molar-refractivity contribution in [1.29, 1.82) is 0 Å². The molecule has 0 spiro atoms. The molecule has 4 heteroatoms. The number of amides is 1. The van der Waals surface area contributed by atoms with E-state index in [2.05, 4.69) is 36.5 Å². The van der Waals surface area contributed by atoms with E-state index < -0.39 is 0 Å². The molecule has 2 aromatic carbocycles. The monoisotopic (exact) mass is 315 g/mol. The lowest BCUT2D eigenvalue weighted by Gasteiger charge is -2.03. The molecule has 0 unspecified atom stereocenters. The van der Waals surface area contributed by atoms with Crippen LogP contribution >= 0.6 is 11.8 Å². The summed E-state index contributed by atoms with van der Waals surface area (Å²) in [4.78, 5) is 12.9. The number of thioether (sulfide) groups is 1. The Hall–Kier alpha value is -2.07. The zero-order valence-electron chi connectivity index (χ0n) is 12.4. The summed E-state index contributed by atoms with van der Waals surface area (Å²) < 4.78 is 12.7. The fourth-order valence-corrected chi connectivity index (χ4v) is 2.55. The Bertz CT molecular complexity index is 635. The van der Waals surface area contributed by atoms with Gasteiger partial charge >= 0.3 is 0 Å². The van der Waals surface area contributed by atoms with Crippen LogP contribution in [0.3, 0.4) is 0 Å². The minimum Gasteiger partial charge on any atom is -0.352 e. The molecule has 2 rings (SSSR count). The Morgan fingerprint density at radius 2 is 1.82 bits per heavy atom. The van der Waals surface area contributed by atoms with Gasteiger partial charge in [0.05, 0.1) is 0 Å². The van der Waals surface area contributed by atoms with Crippen molar-refractivity contribution < 1.29 is 9.18 Å². The molecule has 0 saturated heterocycles. The van der Waals surface area contributed by atoms with E-state index in [-0.39, 0.29) is 11.7 Å². The van der Waals surface area contributed by atoms with Gasteiger partial charge in [-0.05, 0) is 42.8 Å².